The van der Waals surface area contributed by atoms with Gasteiger partial charge < -0.3 is 14.8 Å². The Morgan fingerprint density at radius 1 is 1.41 bits per heavy atom. The topological polar surface area (TPSA) is 30.5 Å². The van der Waals surface area contributed by atoms with Crippen molar-refractivity contribution in [2.24, 2.45) is 0 Å². The van der Waals surface area contributed by atoms with Crippen LogP contribution in [0.15, 0.2) is 12.1 Å². The summed E-state index contributed by atoms with van der Waals surface area (Å²) in [6.45, 7) is 5.22. The van der Waals surface area contributed by atoms with Crippen molar-refractivity contribution in [3.63, 3.8) is 0 Å². The van der Waals surface area contributed by atoms with Crippen LogP contribution in [0, 0.1) is 6.92 Å². The molecule has 0 saturated carbocycles. The molecule has 0 spiro atoms. The van der Waals surface area contributed by atoms with E-state index < -0.39 is 0 Å². The van der Waals surface area contributed by atoms with Crippen molar-refractivity contribution in [3.05, 3.63) is 28.3 Å². The molecular weight excluding hydrogens is 238 g/mol. The van der Waals surface area contributed by atoms with Gasteiger partial charge in [0.25, 0.3) is 0 Å². The first-order valence-electron chi connectivity index (χ1n) is 5.73. The molecule has 0 aliphatic rings. The smallest absolute Gasteiger partial charge is 0.138 e. The normalized spacial score (nSPS) is 12.5. The van der Waals surface area contributed by atoms with Gasteiger partial charge in [-0.1, -0.05) is 11.6 Å². The molecule has 0 fully saturated rings. The maximum absolute atomic E-state index is 6.19. The van der Waals surface area contributed by atoms with Gasteiger partial charge >= 0.3 is 0 Å². The Morgan fingerprint density at radius 3 is 2.65 bits per heavy atom. The maximum atomic E-state index is 6.19. The fourth-order valence-electron chi connectivity index (χ4n) is 1.81. The molecule has 1 aromatic rings. The maximum Gasteiger partial charge on any atom is 0.138 e. The standard InChI is InChI=1S/C13H20ClNO2/c1-5-17-13-6-9(2)10(7-11(13)14)12(15-3)8-16-4/h6-7,12,15H,5,8H2,1-4H3. The van der Waals surface area contributed by atoms with Gasteiger partial charge in [-0.15, -0.1) is 0 Å². The monoisotopic (exact) mass is 257 g/mol. The lowest BCUT2D eigenvalue weighted by Gasteiger charge is -2.19. The van der Waals surface area contributed by atoms with Gasteiger partial charge in [-0.05, 0) is 44.2 Å². The Balaban J connectivity index is 3.04. The van der Waals surface area contributed by atoms with Gasteiger partial charge in [-0.3, -0.25) is 0 Å². The lowest BCUT2D eigenvalue weighted by Crippen LogP contribution is -2.22. The molecule has 0 aliphatic heterocycles. The van der Waals surface area contributed by atoms with E-state index in [1.165, 1.54) is 0 Å². The minimum absolute atomic E-state index is 0.146. The molecule has 0 aromatic heterocycles. The molecule has 4 heteroatoms. The van der Waals surface area contributed by atoms with Crippen molar-refractivity contribution >= 4 is 11.6 Å². The number of ether oxygens (including phenoxy) is 2. The number of aryl methyl sites for hydroxylation is 1. The Kier molecular flexibility index (Phi) is 5.75. The molecule has 3 nitrogen and oxygen atoms in total. The molecule has 0 amide bonds. The minimum atomic E-state index is 0.146. The third-order valence-corrected chi connectivity index (χ3v) is 2.97. The van der Waals surface area contributed by atoms with E-state index in [9.17, 15) is 0 Å². The van der Waals surface area contributed by atoms with E-state index in [0.29, 0.717) is 18.2 Å². The van der Waals surface area contributed by atoms with E-state index in [4.69, 9.17) is 21.1 Å². The van der Waals surface area contributed by atoms with Crippen LogP contribution in [0.1, 0.15) is 24.1 Å². The molecule has 0 heterocycles. The van der Waals surface area contributed by atoms with E-state index >= 15 is 0 Å². The quantitative estimate of drug-likeness (QED) is 0.850. The van der Waals surface area contributed by atoms with Crippen molar-refractivity contribution < 1.29 is 9.47 Å². The van der Waals surface area contributed by atoms with Crippen LogP contribution in [-0.4, -0.2) is 27.4 Å². The number of halogens is 1. The van der Waals surface area contributed by atoms with E-state index in [1.54, 1.807) is 7.11 Å². The zero-order valence-electron chi connectivity index (χ0n) is 10.8. The van der Waals surface area contributed by atoms with Gasteiger partial charge in [0.15, 0.2) is 0 Å². The van der Waals surface area contributed by atoms with Crippen molar-refractivity contribution in [3.8, 4) is 5.75 Å². The summed E-state index contributed by atoms with van der Waals surface area (Å²) in [6, 6.07) is 4.07. The number of hydrogen-bond donors (Lipinski definition) is 1. The first kappa shape index (κ1) is 14.3. The molecule has 0 saturated heterocycles. The van der Waals surface area contributed by atoms with Crippen LogP contribution in [0.5, 0.6) is 5.75 Å². The summed E-state index contributed by atoms with van der Waals surface area (Å²) in [4.78, 5) is 0. The summed E-state index contributed by atoms with van der Waals surface area (Å²) in [6.07, 6.45) is 0. The number of methoxy groups -OCH3 is 1. The molecule has 0 aliphatic carbocycles. The Labute approximate surface area is 108 Å². The summed E-state index contributed by atoms with van der Waals surface area (Å²) in [7, 11) is 3.60. The highest BCUT2D eigenvalue weighted by atomic mass is 35.5. The Morgan fingerprint density at radius 2 is 2.12 bits per heavy atom. The van der Waals surface area contributed by atoms with Crippen molar-refractivity contribution in [1.29, 1.82) is 0 Å². The number of hydrogen-bond acceptors (Lipinski definition) is 3. The SMILES string of the molecule is CCOc1cc(C)c(C(COC)NC)cc1Cl. The minimum Gasteiger partial charge on any atom is -0.492 e. The average molecular weight is 258 g/mol. The molecule has 1 aromatic carbocycles. The molecule has 1 atom stereocenters. The molecule has 17 heavy (non-hydrogen) atoms. The first-order valence-corrected chi connectivity index (χ1v) is 6.10. The predicted molar refractivity (Wildman–Crippen MR) is 71.0 cm³/mol. The molecule has 1 N–H and O–H groups in total. The molecule has 0 bridgehead atoms. The number of nitrogens with one attached hydrogen (secondary N) is 1. The number of likely N-dealkylation sites (N-methyl/N-ethyl adjacent to an activating group) is 1. The fourth-order valence-corrected chi connectivity index (χ4v) is 2.03. The highest BCUT2D eigenvalue weighted by molar-refractivity contribution is 6.32. The summed E-state index contributed by atoms with van der Waals surface area (Å²) in [5.41, 5.74) is 2.29. The summed E-state index contributed by atoms with van der Waals surface area (Å²) in [5.74, 6) is 0.739. The molecule has 0 radical (unpaired) electrons. The van der Waals surface area contributed by atoms with Gasteiger partial charge in [0, 0.05) is 7.11 Å². The molecular formula is C13H20ClNO2. The molecule has 1 unspecified atom stereocenters. The second-order valence-electron chi connectivity index (χ2n) is 3.87. The van der Waals surface area contributed by atoms with Crippen LogP contribution < -0.4 is 10.1 Å². The van der Waals surface area contributed by atoms with E-state index in [1.807, 2.05) is 33.0 Å². The highest BCUT2D eigenvalue weighted by Gasteiger charge is 2.14. The van der Waals surface area contributed by atoms with Gasteiger partial charge in [0.05, 0.1) is 24.3 Å². The van der Waals surface area contributed by atoms with Crippen LogP contribution in [0.3, 0.4) is 0 Å². The third-order valence-electron chi connectivity index (χ3n) is 2.68. The van der Waals surface area contributed by atoms with Crippen molar-refractivity contribution in [2.75, 3.05) is 27.4 Å². The first-order chi connectivity index (χ1) is 8.13. The van der Waals surface area contributed by atoms with Gasteiger partial charge in [0.2, 0.25) is 0 Å². The van der Waals surface area contributed by atoms with Crippen LogP contribution in [0.2, 0.25) is 5.02 Å². The summed E-state index contributed by atoms with van der Waals surface area (Å²) < 4.78 is 10.6. The molecule has 96 valence electrons. The third kappa shape index (κ3) is 3.60. The van der Waals surface area contributed by atoms with E-state index in [2.05, 4.69) is 5.32 Å². The van der Waals surface area contributed by atoms with Crippen LogP contribution in [-0.2, 0) is 4.74 Å². The second-order valence-corrected chi connectivity index (χ2v) is 4.28. The fraction of sp³-hybridized carbons (Fsp3) is 0.538. The predicted octanol–water partition coefficient (Wildman–Crippen LogP) is 2.95. The van der Waals surface area contributed by atoms with Crippen molar-refractivity contribution in [2.45, 2.75) is 19.9 Å². The zero-order chi connectivity index (χ0) is 12.8. The second kappa shape index (κ2) is 6.84. The van der Waals surface area contributed by atoms with Crippen LogP contribution >= 0.6 is 11.6 Å². The van der Waals surface area contributed by atoms with Crippen LogP contribution in [0.25, 0.3) is 0 Å². The van der Waals surface area contributed by atoms with E-state index in [-0.39, 0.29) is 6.04 Å². The highest BCUT2D eigenvalue weighted by Crippen LogP contribution is 2.31. The number of rotatable bonds is 6. The molecule has 1 rings (SSSR count). The largest absolute Gasteiger partial charge is 0.492 e. The zero-order valence-corrected chi connectivity index (χ0v) is 11.6. The van der Waals surface area contributed by atoms with Gasteiger partial charge in [0.1, 0.15) is 5.75 Å². The lowest BCUT2D eigenvalue weighted by molar-refractivity contribution is 0.170. The lowest BCUT2D eigenvalue weighted by atomic mass is 10.0. The summed E-state index contributed by atoms with van der Waals surface area (Å²) >= 11 is 6.19. The van der Waals surface area contributed by atoms with Crippen LogP contribution in [0.4, 0.5) is 0 Å². The van der Waals surface area contributed by atoms with Gasteiger partial charge in [-0.25, -0.2) is 0 Å². The summed E-state index contributed by atoms with van der Waals surface area (Å²) in [5, 5.41) is 3.86. The Bertz CT molecular complexity index is 369. The van der Waals surface area contributed by atoms with Gasteiger partial charge in [-0.2, -0.15) is 0 Å². The average Bonchev–Trinajstić information content (AvgIpc) is 2.31. The van der Waals surface area contributed by atoms with E-state index in [0.717, 1.165) is 16.9 Å². The van der Waals surface area contributed by atoms with Crippen molar-refractivity contribution in [1.82, 2.24) is 5.32 Å². The number of benzene rings is 1. The Hall–Kier alpha value is -0.770.